The van der Waals surface area contributed by atoms with Gasteiger partial charge in [-0.2, -0.15) is 18.2 Å². The van der Waals surface area contributed by atoms with Gasteiger partial charge in [0.05, 0.1) is 5.69 Å². The molecule has 120 valence electrons. The van der Waals surface area contributed by atoms with Gasteiger partial charge in [-0.25, -0.2) is 4.79 Å². The van der Waals surface area contributed by atoms with E-state index in [9.17, 15) is 18.0 Å². The Kier molecular flexibility index (Phi) is 3.88. The Morgan fingerprint density at radius 3 is 2.57 bits per heavy atom. The van der Waals surface area contributed by atoms with Crippen molar-refractivity contribution in [2.24, 2.45) is 0 Å². The minimum Gasteiger partial charge on any atom is -0.454 e. The maximum absolute atomic E-state index is 12.7. The van der Waals surface area contributed by atoms with Crippen LogP contribution < -0.4 is 15.2 Å². The van der Waals surface area contributed by atoms with Gasteiger partial charge in [-0.05, 0) is 29.8 Å². The summed E-state index contributed by atoms with van der Waals surface area (Å²) in [6.07, 6.45) is -1.81. The van der Waals surface area contributed by atoms with Crippen LogP contribution in [0.5, 0.6) is 11.5 Å². The molecule has 1 aliphatic heterocycles. The maximum atomic E-state index is 12.7. The molecule has 1 N–H and O–H groups in total. The summed E-state index contributed by atoms with van der Waals surface area (Å²) >= 11 is 3.33. The number of ether oxygens (including phenoxy) is 2. The monoisotopic (exact) mass is 388 g/mol. The summed E-state index contributed by atoms with van der Waals surface area (Å²) in [6.45, 7) is 0.111. The summed E-state index contributed by atoms with van der Waals surface area (Å²) in [5.41, 5.74) is -1.68. The van der Waals surface area contributed by atoms with E-state index in [2.05, 4.69) is 20.9 Å². The van der Waals surface area contributed by atoms with E-state index in [4.69, 9.17) is 9.47 Å². The number of hydrogen-bond donors (Lipinski definition) is 1. The highest BCUT2D eigenvalue weighted by Gasteiger charge is 2.32. The molecule has 0 spiro atoms. The van der Waals surface area contributed by atoms with Gasteiger partial charge in [-0.15, -0.1) is 0 Å². The van der Waals surface area contributed by atoms with Gasteiger partial charge in [0.2, 0.25) is 6.79 Å². The van der Waals surface area contributed by atoms with Gasteiger partial charge in [0, 0.05) is 4.47 Å². The smallest absolute Gasteiger partial charge is 0.431 e. The molecule has 2 aromatic rings. The lowest BCUT2D eigenvalue weighted by atomic mass is 10.1. The van der Waals surface area contributed by atoms with E-state index in [-0.39, 0.29) is 12.5 Å². The van der Waals surface area contributed by atoms with Crippen molar-refractivity contribution in [1.82, 2.24) is 9.97 Å². The molecule has 1 aromatic carbocycles. The molecule has 0 aliphatic carbocycles. The average Bonchev–Trinajstić information content (AvgIpc) is 2.90. The van der Waals surface area contributed by atoms with Gasteiger partial charge in [0.1, 0.15) is 5.69 Å². The lowest BCUT2D eigenvalue weighted by molar-refractivity contribution is -0.141. The van der Waals surface area contributed by atoms with E-state index in [1.807, 2.05) is 0 Å². The first-order valence-corrected chi connectivity index (χ1v) is 7.08. The standard InChI is InChI=1S/C14H8BrF3N2O3/c15-9-5-11-10(22-6-23-11)3-7(9)1-2-8-4-12(14(16,17)18)20-13(21)19-8/h1-5H,6H2,(H,19,20,21)/b2-1+. The first-order valence-electron chi connectivity index (χ1n) is 6.29. The summed E-state index contributed by atoms with van der Waals surface area (Å²) in [7, 11) is 0. The molecule has 0 saturated heterocycles. The molecule has 0 fully saturated rings. The van der Waals surface area contributed by atoms with Crippen molar-refractivity contribution in [3.63, 3.8) is 0 Å². The van der Waals surface area contributed by atoms with E-state index >= 15 is 0 Å². The number of H-pyrrole nitrogens is 1. The molecule has 0 unspecified atom stereocenters. The quantitative estimate of drug-likeness (QED) is 0.855. The Labute approximate surface area is 135 Å². The second-order valence-electron chi connectivity index (χ2n) is 4.58. The fourth-order valence-electron chi connectivity index (χ4n) is 1.95. The van der Waals surface area contributed by atoms with Crippen molar-refractivity contribution in [3.8, 4) is 11.5 Å². The van der Waals surface area contributed by atoms with Crippen LogP contribution in [0.3, 0.4) is 0 Å². The summed E-state index contributed by atoms with van der Waals surface area (Å²) < 4.78 is 49.1. The molecular formula is C14H8BrF3N2O3. The predicted molar refractivity (Wildman–Crippen MR) is 79.1 cm³/mol. The molecule has 0 atom stereocenters. The zero-order valence-electron chi connectivity index (χ0n) is 11.3. The van der Waals surface area contributed by atoms with E-state index in [1.165, 1.54) is 12.2 Å². The normalized spacial score (nSPS) is 13.7. The topological polar surface area (TPSA) is 64.2 Å². The second kappa shape index (κ2) is 5.73. The molecule has 1 aromatic heterocycles. The lowest BCUT2D eigenvalue weighted by Gasteiger charge is -2.06. The Morgan fingerprint density at radius 2 is 1.87 bits per heavy atom. The van der Waals surface area contributed by atoms with Crippen LogP contribution in [-0.4, -0.2) is 16.8 Å². The van der Waals surface area contributed by atoms with Crippen LogP contribution in [0.2, 0.25) is 0 Å². The van der Waals surface area contributed by atoms with Crippen molar-refractivity contribution in [2.45, 2.75) is 6.18 Å². The van der Waals surface area contributed by atoms with Crippen molar-refractivity contribution < 1.29 is 22.6 Å². The zero-order valence-corrected chi connectivity index (χ0v) is 12.9. The van der Waals surface area contributed by atoms with Gasteiger partial charge in [0.25, 0.3) is 0 Å². The number of halogens is 4. The molecule has 3 rings (SSSR count). The number of fused-ring (bicyclic) bond motifs is 1. The first kappa shape index (κ1) is 15.6. The van der Waals surface area contributed by atoms with Crippen molar-refractivity contribution in [3.05, 3.63) is 50.1 Å². The number of aromatic amines is 1. The number of alkyl halides is 3. The van der Waals surface area contributed by atoms with E-state index in [0.717, 1.165) is 6.07 Å². The molecule has 23 heavy (non-hydrogen) atoms. The third kappa shape index (κ3) is 3.39. The van der Waals surface area contributed by atoms with Gasteiger partial charge in [-0.1, -0.05) is 22.0 Å². The molecule has 0 amide bonds. The van der Waals surface area contributed by atoms with Crippen LogP contribution >= 0.6 is 15.9 Å². The highest BCUT2D eigenvalue weighted by Crippen LogP contribution is 2.37. The maximum Gasteiger partial charge on any atom is 0.431 e. The predicted octanol–water partition coefficient (Wildman–Crippen LogP) is 3.45. The van der Waals surface area contributed by atoms with Crippen LogP contribution in [0.1, 0.15) is 17.0 Å². The fraction of sp³-hybridized carbons (Fsp3) is 0.143. The molecule has 2 heterocycles. The molecule has 5 nitrogen and oxygen atoms in total. The minimum absolute atomic E-state index is 0.106. The van der Waals surface area contributed by atoms with Gasteiger partial charge < -0.3 is 14.5 Å². The third-order valence-corrected chi connectivity index (χ3v) is 3.68. The summed E-state index contributed by atoms with van der Waals surface area (Å²) in [6, 6.07) is 4.12. The van der Waals surface area contributed by atoms with Crippen molar-refractivity contribution >= 4 is 28.1 Å². The zero-order chi connectivity index (χ0) is 16.6. The fourth-order valence-corrected chi connectivity index (χ4v) is 2.41. The average molecular weight is 389 g/mol. The number of nitrogens with zero attached hydrogens (tertiary/aromatic N) is 1. The second-order valence-corrected chi connectivity index (χ2v) is 5.44. The first-order chi connectivity index (χ1) is 10.8. The molecule has 1 aliphatic rings. The van der Waals surface area contributed by atoms with E-state index in [0.29, 0.717) is 21.5 Å². The van der Waals surface area contributed by atoms with E-state index in [1.54, 1.807) is 17.1 Å². The highest BCUT2D eigenvalue weighted by molar-refractivity contribution is 9.10. The highest BCUT2D eigenvalue weighted by atomic mass is 79.9. The minimum atomic E-state index is -4.65. The number of aromatic nitrogens is 2. The van der Waals surface area contributed by atoms with Crippen molar-refractivity contribution in [2.75, 3.05) is 6.79 Å². The Hall–Kier alpha value is -2.29. The number of benzene rings is 1. The van der Waals surface area contributed by atoms with E-state index < -0.39 is 17.6 Å². The summed E-state index contributed by atoms with van der Waals surface area (Å²) in [4.78, 5) is 16.4. The van der Waals surface area contributed by atoms with Crippen LogP contribution in [-0.2, 0) is 6.18 Å². The number of rotatable bonds is 2. The van der Waals surface area contributed by atoms with Crippen LogP contribution in [0, 0.1) is 0 Å². The van der Waals surface area contributed by atoms with Crippen LogP contribution in [0.15, 0.2) is 27.5 Å². The Bertz CT molecular complexity index is 846. The SMILES string of the molecule is O=c1nc(/C=C/c2cc3c(cc2Br)OCO3)cc(C(F)(F)F)[nH]1. The van der Waals surface area contributed by atoms with Crippen molar-refractivity contribution in [1.29, 1.82) is 0 Å². The molecule has 0 saturated carbocycles. The summed E-state index contributed by atoms with van der Waals surface area (Å²) in [5.74, 6) is 1.10. The number of nitrogens with one attached hydrogen (secondary N) is 1. The summed E-state index contributed by atoms with van der Waals surface area (Å²) in [5, 5.41) is 0. The Morgan fingerprint density at radius 1 is 1.17 bits per heavy atom. The van der Waals surface area contributed by atoms with Crippen LogP contribution in [0.25, 0.3) is 12.2 Å². The molecular weight excluding hydrogens is 381 g/mol. The van der Waals surface area contributed by atoms with Gasteiger partial charge in [0.15, 0.2) is 11.5 Å². The molecule has 0 radical (unpaired) electrons. The third-order valence-electron chi connectivity index (χ3n) is 3.00. The van der Waals surface area contributed by atoms with Crippen LogP contribution in [0.4, 0.5) is 13.2 Å². The molecule has 9 heteroatoms. The Balaban J connectivity index is 1.95. The van der Waals surface area contributed by atoms with Gasteiger partial charge >= 0.3 is 11.9 Å². The number of hydrogen-bond acceptors (Lipinski definition) is 4. The molecule has 0 bridgehead atoms. The largest absolute Gasteiger partial charge is 0.454 e. The lowest BCUT2D eigenvalue weighted by Crippen LogP contribution is -2.19. The van der Waals surface area contributed by atoms with Gasteiger partial charge in [-0.3, -0.25) is 0 Å².